The zero-order valence-corrected chi connectivity index (χ0v) is 10.2. The van der Waals surface area contributed by atoms with E-state index < -0.39 is 0 Å². The van der Waals surface area contributed by atoms with Crippen LogP contribution in [0.4, 0.5) is 0 Å². The van der Waals surface area contributed by atoms with Crippen LogP contribution in [0, 0.1) is 39.8 Å². The summed E-state index contributed by atoms with van der Waals surface area (Å²) in [6, 6.07) is 0. The van der Waals surface area contributed by atoms with Crippen LogP contribution in [0.25, 0.3) is 0 Å². The Bertz CT molecular complexity index is 149. The summed E-state index contributed by atoms with van der Waals surface area (Å²) in [6.45, 7) is 31.4. The van der Waals surface area contributed by atoms with Crippen LogP contribution in [0.1, 0.15) is 6.92 Å². The maximum absolute atomic E-state index is 7.50. The molecule has 1 N–H and O–H groups in total. The Morgan fingerprint density at radius 1 is 0.941 bits per heavy atom. The first-order valence-electron chi connectivity index (χ1n) is 2.94. The first kappa shape index (κ1) is 44.5. The Labute approximate surface area is 112 Å². The predicted octanol–water partition coefficient (Wildman–Crippen LogP) is 0.631. The molecule has 17 heavy (non-hydrogen) atoms. The van der Waals surface area contributed by atoms with Gasteiger partial charge >= 0.3 is 56.5 Å². The molecule has 0 amide bonds. The summed E-state index contributed by atoms with van der Waals surface area (Å²) >= 11 is 0. The summed E-state index contributed by atoms with van der Waals surface area (Å²) in [5.74, 6) is 0. The summed E-state index contributed by atoms with van der Waals surface area (Å²) in [5.41, 5.74) is 0. The van der Waals surface area contributed by atoms with Crippen LogP contribution in [0.5, 0.6) is 0 Å². The molecular formula is C10H9CrNO5. The molecule has 0 atom stereocenters. The molecule has 0 saturated heterocycles. The third kappa shape index (κ3) is 669. The molecule has 0 heterocycles. The van der Waals surface area contributed by atoms with Gasteiger partial charge in [-0.2, -0.15) is 0 Å². The molecule has 0 bridgehead atoms. The molecule has 0 fully saturated rings. The van der Waals surface area contributed by atoms with Crippen molar-refractivity contribution in [2.75, 3.05) is 6.54 Å². The van der Waals surface area contributed by atoms with E-state index in [9.17, 15) is 0 Å². The number of hydrogen-bond acceptors (Lipinski definition) is 1. The van der Waals surface area contributed by atoms with Crippen LogP contribution in [-0.4, -0.2) is 6.54 Å². The molecule has 0 unspecified atom stereocenters. The quantitative estimate of drug-likeness (QED) is 0.263. The minimum absolute atomic E-state index is 0. The van der Waals surface area contributed by atoms with Crippen molar-refractivity contribution >= 4 is 0 Å². The zero-order chi connectivity index (χ0) is 14.8. The van der Waals surface area contributed by atoms with E-state index in [0.717, 1.165) is 6.54 Å². The van der Waals surface area contributed by atoms with Gasteiger partial charge in [0.2, 0.25) is 0 Å². The fraction of sp³-hybridized carbons (Fsp3) is 0.200. The Morgan fingerprint density at radius 3 is 1.24 bits per heavy atom. The Kier molecular flexibility index (Phi) is 883. The first-order chi connectivity index (χ1) is 7.91. The Morgan fingerprint density at radius 2 is 1.18 bits per heavy atom. The van der Waals surface area contributed by atoms with Gasteiger partial charge in [0.15, 0.2) is 0 Å². The summed E-state index contributed by atoms with van der Waals surface area (Å²) < 4.78 is 37.5. The van der Waals surface area contributed by atoms with E-state index in [1.165, 1.54) is 0 Å². The molecule has 2 radical (unpaired) electrons. The van der Waals surface area contributed by atoms with Crippen LogP contribution < -0.4 is 5.32 Å². The number of nitrogens with one attached hydrogen (secondary N) is 1. The van der Waals surface area contributed by atoms with Crippen molar-refractivity contribution in [3.05, 3.63) is 52.5 Å². The average molecular weight is 275 g/mol. The molecule has 0 aliphatic carbocycles. The van der Waals surface area contributed by atoms with E-state index in [1.807, 2.05) is 6.92 Å². The van der Waals surface area contributed by atoms with Crippen LogP contribution in [0.2, 0.25) is 0 Å². The van der Waals surface area contributed by atoms with Crippen LogP contribution in [0.3, 0.4) is 0 Å². The smallest absolute Gasteiger partial charge is 0 e. The number of hydrogen-bond donors (Lipinski definition) is 1. The summed E-state index contributed by atoms with van der Waals surface area (Å²) in [5, 5.41) is 2.83. The fourth-order valence-electron chi connectivity index (χ4n) is 0.174. The summed E-state index contributed by atoms with van der Waals surface area (Å²) in [6.07, 6.45) is 1.79. The number of rotatable bonds is 3. The van der Waals surface area contributed by atoms with Gasteiger partial charge in [0.25, 0.3) is 0 Å². The summed E-state index contributed by atoms with van der Waals surface area (Å²) in [4.78, 5) is 0. The normalized spacial score (nSPS) is 3.47. The van der Waals surface area contributed by atoms with E-state index in [1.54, 1.807) is 6.08 Å². The standard InChI is InChI=1S/C5H9N.5CO.Cr/c1-3-5-6-4-2;5*1-2;/h3,6H,1,5H2,2H3;;;;;;. The van der Waals surface area contributed by atoms with Crippen molar-refractivity contribution < 1.29 is 40.6 Å². The molecule has 7 heteroatoms. The van der Waals surface area contributed by atoms with Gasteiger partial charge in [0.05, 0.1) is 6.54 Å². The van der Waals surface area contributed by atoms with Crippen LogP contribution >= 0.6 is 0 Å². The second-order valence-electron chi connectivity index (χ2n) is 0.920. The van der Waals surface area contributed by atoms with Crippen molar-refractivity contribution in [3.63, 3.8) is 0 Å². The predicted molar refractivity (Wildman–Crippen MR) is 46.8 cm³/mol. The van der Waals surface area contributed by atoms with Crippen molar-refractivity contribution in [2.45, 2.75) is 6.92 Å². The van der Waals surface area contributed by atoms with Gasteiger partial charge in [-0.25, -0.2) is 0 Å². The molecule has 0 aliphatic heterocycles. The van der Waals surface area contributed by atoms with Crippen molar-refractivity contribution in [1.29, 1.82) is 0 Å². The van der Waals surface area contributed by atoms with Crippen LogP contribution in [0.15, 0.2) is 12.7 Å². The molecule has 0 aromatic heterocycles. The molecule has 0 aromatic carbocycles. The van der Waals surface area contributed by atoms with Crippen molar-refractivity contribution in [2.24, 2.45) is 0 Å². The van der Waals surface area contributed by atoms with Gasteiger partial charge < -0.3 is 5.32 Å². The van der Waals surface area contributed by atoms with Gasteiger partial charge in [-0.1, -0.05) is 6.08 Å². The maximum atomic E-state index is 7.50. The molecule has 0 aliphatic rings. The fourth-order valence-corrected chi connectivity index (χ4v) is 0.174. The molecule has 90 valence electrons. The van der Waals surface area contributed by atoms with E-state index in [2.05, 4.69) is 51.7 Å². The second kappa shape index (κ2) is 337. The topological polar surface area (TPSA) is 112 Å². The molecule has 0 aromatic rings. The van der Waals surface area contributed by atoms with Gasteiger partial charge in [-0.05, 0) is 6.92 Å². The SMILES string of the molecule is C=CCN[C]C.[C-]#[O+].[C-]#[O+].[C-]#[O+].[C-]#[O+].[C-]#[O+].[Cr]. The van der Waals surface area contributed by atoms with E-state index in [0.29, 0.717) is 0 Å². The van der Waals surface area contributed by atoms with Crippen molar-refractivity contribution in [1.82, 2.24) is 5.32 Å². The van der Waals surface area contributed by atoms with Gasteiger partial charge in [0, 0.05) is 23.9 Å². The molecule has 0 saturated carbocycles. The minimum atomic E-state index is 0. The Hall–Kier alpha value is -1.07. The maximum Gasteiger partial charge on any atom is 0 e. The van der Waals surface area contributed by atoms with Gasteiger partial charge in [-0.15, -0.1) is 6.58 Å². The van der Waals surface area contributed by atoms with Gasteiger partial charge in [-0.3, -0.25) is 0 Å². The zero-order valence-electron chi connectivity index (χ0n) is 8.94. The average Bonchev–Trinajstić information content (AvgIpc) is 2.47. The van der Waals surface area contributed by atoms with Gasteiger partial charge in [0.1, 0.15) is 0 Å². The first-order valence-corrected chi connectivity index (χ1v) is 2.94. The summed E-state index contributed by atoms with van der Waals surface area (Å²) in [7, 11) is 0. The van der Waals surface area contributed by atoms with E-state index in [-0.39, 0.29) is 17.4 Å². The van der Waals surface area contributed by atoms with Crippen LogP contribution in [-0.2, 0) is 40.6 Å². The molecular weight excluding hydrogens is 266 g/mol. The Balaban J connectivity index is -0.0000000158. The minimum Gasteiger partial charge on any atom is 0 e. The molecule has 0 spiro atoms. The monoisotopic (exact) mass is 275 g/mol. The van der Waals surface area contributed by atoms with Crippen molar-refractivity contribution in [3.8, 4) is 0 Å². The second-order valence-corrected chi connectivity index (χ2v) is 0.920. The largest absolute Gasteiger partial charge is 0 e. The molecule has 0 rings (SSSR count). The third-order valence-electron chi connectivity index (χ3n) is 0.423. The third-order valence-corrected chi connectivity index (χ3v) is 0.423. The molecule has 6 nitrogen and oxygen atoms in total. The van der Waals surface area contributed by atoms with E-state index in [4.69, 9.17) is 23.3 Å². The van der Waals surface area contributed by atoms with E-state index >= 15 is 0 Å².